The highest BCUT2D eigenvalue weighted by molar-refractivity contribution is 5.83. The van der Waals surface area contributed by atoms with Crippen molar-refractivity contribution in [3.63, 3.8) is 0 Å². The van der Waals surface area contributed by atoms with Gasteiger partial charge in [0.1, 0.15) is 11.8 Å². The van der Waals surface area contributed by atoms with Gasteiger partial charge in [0.05, 0.1) is 0 Å². The molecule has 0 saturated carbocycles. The van der Waals surface area contributed by atoms with Crippen molar-refractivity contribution < 1.29 is 9.53 Å². The lowest BCUT2D eigenvalue weighted by molar-refractivity contribution is -0.000377. The van der Waals surface area contributed by atoms with E-state index in [9.17, 15) is 4.79 Å². The fourth-order valence-electron chi connectivity index (χ4n) is 3.18. The number of ether oxygens (including phenoxy) is 1. The number of anilines is 1. The summed E-state index contributed by atoms with van der Waals surface area (Å²) < 4.78 is 7.75. The molecule has 1 aliphatic heterocycles. The Labute approximate surface area is 137 Å². The van der Waals surface area contributed by atoms with E-state index in [0.29, 0.717) is 0 Å². The molecule has 3 rings (SSSR count). The lowest BCUT2D eigenvalue weighted by atomic mass is 10.1. The summed E-state index contributed by atoms with van der Waals surface area (Å²) in [4.78, 5) is 14.4. The Morgan fingerprint density at radius 1 is 1.26 bits per heavy atom. The molecule has 0 spiro atoms. The topological polar surface area (TPSA) is 60.5 Å². The highest BCUT2D eigenvalue weighted by Gasteiger charge is 2.31. The standard InChI is InChI=1S/C18H25N3O2/c1-18(2,3)23-17(22)21-10-5-4-6-16(21)20-11-9-13-12-14(19)7-8-15(13)20/h7-9,11-12,16H,4-6,10,19H2,1-3H3. The van der Waals surface area contributed by atoms with Crippen molar-refractivity contribution >= 4 is 22.7 Å². The summed E-state index contributed by atoms with van der Waals surface area (Å²) >= 11 is 0. The summed E-state index contributed by atoms with van der Waals surface area (Å²) in [5.74, 6) is 0. The van der Waals surface area contributed by atoms with Gasteiger partial charge in [-0.2, -0.15) is 0 Å². The molecular formula is C18H25N3O2. The normalized spacial score (nSPS) is 19.1. The number of fused-ring (bicyclic) bond motifs is 1. The van der Waals surface area contributed by atoms with Gasteiger partial charge in [-0.3, -0.25) is 4.90 Å². The predicted octanol–water partition coefficient (Wildman–Crippen LogP) is 4.14. The van der Waals surface area contributed by atoms with E-state index in [1.165, 1.54) is 0 Å². The summed E-state index contributed by atoms with van der Waals surface area (Å²) in [6.45, 7) is 6.43. The highest BCUT2D eigenvalue weighted by atomic mass is 16.6. The molecule has 1 unspecified atom stereocenters. The number of benzene rings is 1. The van der Waals surface area contributed by atoms with Crippen LogP contribution in [0.5, 0.6) is 0 Å². The Hall–Kier alpha value is -2.17. The lowest BCUT2D eigenvalue weighted by Gasteiger charge is -2.37. The Balaban J connectivity index is 1.92. The second-order valence-electron chi connectivity index (χ2n) is 7.19. The summed E-state index contributed by atoms with van der Waals surface area (Å²) in [7, 11) is 0. The molecule has 0 radical (unpaired) electrons. The smallest absolute Gasteiger partial charge is 0.411 e. The van der Waals surface area contributed by atoms with E-state index in [2.05, 4.69) is 4.57 Å². The Kier molecular flexibility index (Phi) is 3.96. The zero-order valence-electron chi connectivity index (χ0n) is 14.1. The number of piperidine rings is 1. The fraction of sp³-hybridized carbons (Fsp3) is 0.500. The van der Waals surface area contributed by atoms with Crippen molar-refractivity contribution in [2.45, 2.75) is 51.8 Å². The minimum Gasteiger partial charge on any atom is -0.444 e. The molecule has 2 aromatic rings. The van der Waals surface area contributed by atoms with Crippen molar-refractivity contribution in [2.24, 2.45) is 0 Å². The van der Waals surface area contributed by atoms with Crippen molar-refractivity contribution in [3.05, 3.63) is 30.5 Å². The first kappa shape index (κ1) is 15.7. The van der Waals surface area contributed by atoms with Crippen molar-refractivity contribution in [2.75, 3.05) is 12.3 Å². The van der Waals surface area contributed by atoms with E-state index < -0.39 is 5.60 Å². The van der Waals surface area contributed by atoms with Crippen LogP contribution in [0, 0.1) is 0 Å². The molecule has 124 valence electrons. The highest BCUT2D eigenvalue weighted by Crippen LogP contribution is 2.31. The maximum Gasteiger partial charge on any atom is 0.411 e. The van der Waals surface area contributed by atoms with Crippen LogP contribution in [0.15, 0.2) is 30.5 Å². The molecule has 1 amide bonds. The third-order valence-electron chi connectivity index (χ3n) is 4.16. The quantitative estimate of drug-likeness (QED) is 0.804. The molecule has 5 heteroatoms. The number of aromatic nitrogens is 1. The number of likely N-dealkylation sites (tertiary alicyclic amines) is 1. The SMILES string of the molecule is CC(C)(C)OC(=O)N1CCCCC1n1ccc2cc(N)ccc21. The minimum atomic E-state index is -0.480. The Morgan fingerprint density at radius 3 is 2.78 bits per heavy atom. The minimum absolute atomic E-state index is 0.000255. The van der Waals surface area contributed by atoms with Gasteiger partial charge in [-0.1, -0.05) is 0 Å². The van der Waals surface area contributed by atoms with Crippen LogP contribution in [0.1, 0.15) is 46.2 Å². The van der Waals surface area contributed by atoms with Crippen LogP contribution in [0.3, 0.4) is 0 Å². The first-order valence-corrected chi connectivity index (χ1v) is 8.21. The number of amides is 1. The van der Waals surface area contributed by atoms with Crippen molar-refractivity contribution in [1.82, 2.24) is 9.47 Å². The van der Waals surface area contributed by atoms with E-state index in [4.69, 9.17) is 10.5 Å². The van der Waals surface area contributed by atoms with Gasteiger partial charge < -0.3 is 15.0 Å². The maximum atomic E-state index is 12.6. The number of carbonyl (C=O) groups is 1. The number of hydrogen-bond acceptors (Lipinski definition) is 3. The number of nitrogens with two attached hydrogens (primary N) is 1. The fourth-order valence-corrected chi connectivity index (χ4v) is 3.18. The maximum absolute atomic E-state index is 12.6. The van der Waals surface area contributed by atoms with Crippen LogP contribution in [-0.4, -0.2) is 27.7 Å². The van der Waals surface area contributed by atoms with E-state index >= 15 is 0 Å². The zero-order chi connectivity index (χ0) is 16.6. The molecule has 2 heterocycles. The van der Waals surface area contributed by atoms with Crippen molar-refractivity contribution in [3.8, 4) is 0 Å². The van der Waals surface area contributed by atoms with Gasteiger partial charge in [0.15, 0.2) is 0 Å². The van der Waals surface area contributed by atoms with Crippen LogP contribution in [0.25, 0.3) is 10.9 Å². The molecule has 1 fully saturated rings. The third kappa shape index (κ3) is 3.28. The van der Waals surface area contributed by atoms with Gasteiger partial charge in [0.2, 0.25) is 0 Å². The van der Waals surface area contributed by atoms with Gasteiger partial charge in [-0.25, -0.2) is 4.79 Å². The summed E-state index contributed by atoms with van der Waals surface area (Å²) in [5.41, 5.74) is 7.23. The number of rotatable bonds is 1. The van der Waals surface area contributed by atoms with Gasteiger partial charge >= 0.3 is 6.09 Å². The van der Waals surface area contributed by atoms with Crippen LogP contribution < -0.4 is 5.73 Å². The summed E-state index contributed by atoms with van der Waals surface area (Å²) in [6.07, 6.45) is 4.87. The Bertz CT molecular complexity index is 715. The molecule has 5 nitrogen and oxygen atoms in total. The van der Waals surface area contributed by atoms with E-state index in [0.717, 1.165) is 42.4 Å². The molecule has 0 aliphatic carbocycles. The number of nitrogens with zero attached hydrogens (tertiary/aromatic N) is 2. The predicted molar refractivity (Wildman–Crippen MR) is 92.2 cm³/mol. The Morgan fingerprint density at radius 2 is 2.04 bits per heavy atom. The summed E-state index contributed by atoms with van der Waals surface area (Å²) in [5, 5.41) is 1.10. The lowest BCUT2D eigenvalue weighted by Crippen LogP contribution is -2.43. The van der Waals surface area contributed by atoms with Gasteiger partial charge in [-0.15, -0.1) is 0 Å². The summed E-state index contributed by atoms with van der Waals surface area (Å²) in [6, 6.07) is 7.94. The zero-order valence-corrected chi connectivity index (χ0v) is 14.1. The molecule has 1 atom stereocenters. The van der Waals surface area contributed by atoms with E-state index in [1.807, 2.05) is 56.1 Å². The van der Waals surface area contributed by atoms with Gasteiger partial charge in [0, 0.05) is 29.3 Å². The molecule has 1 aliphatic rings. The average Bonchev–Trinajstić information content (AvgIpc) is 2.88. The monoisotopic (exact) mass is 315 g/mol. The third-order valence-corrected chi connectivity index (χ3v) is 4.16. The largest absolute Gasteiger partial charge is 0.444 e. The molecule has 2 N–H and O–H groups in total. The molecule has 1 aromatic heterocycles. The van der Waals surface area contributed by atoms with Gasteiger partial charge in [-0.05, 0) is 64.3 Å². The van der Waals surface area contributed by atoms with Crippen molar-refractivity contribution in [1.29, 1.82) is 0 Å². The van der Waals surface area contributed by atoms with E-state index in [1.54, 1.807) is 0 Å². The van der Waals surface area contributed by atoms with Crippen LogP contribution >= 0.6 is 0 Å². The molecule has 1 saturated heterocycles. The number of carbonyl (C=O) groups excluding carboxylic acids is 1. The molecule has 1 aromatic carbocycles. The van der Waals surface area contributed by atoms with Crippen LogP contribution in [0.4, 0.5) is 10.5 Å². The molecule has 0 bridgehead atoms. The van der Waals surface area contributed by atoms with Gasteiger partial charge in [0.25, 0.3) is 0 Å². The number of nitrogen functional groups attached to an aromatic ring is 1. The van der Waals surface area contributed by atoms with Crippen LogP contribution in [0.2, 0.25) is 0 Å². The first-order valence-electron chi connectivity index (χ1n) is 8.21. The number of hydrogen-bond donors (Lipinski definition) is 1. The second kappa shape index (κ2) is 5.80. The second-order valence-corrected chi connectivity index (χ2v) is 7.19. The average molecular weight is 315 g/mol. The first-order chi connectivity index (χ1) is 10.8. The molecule has 23 heavy (non-hydrogen) atoms. The van der Waals surface area contributed by atoms with Crippen LogP contribution in [-0.2, 0) is 4.74 Å². The molecular weight excluding hydrogens is 290 g/mol. The van der Waals surface area contributed by atoms with E-state index in [-0.39, 0.29) is 12.3 Å².